The fourth-order valence-electron chi connectivity index (χ4n) is 13.0. The summed E-state index contributed by atoms with van der Waals surface area (Å²) in [5, 5.41) is 20.8. The van der Waals surface area contributed by atoms with Crippen LogP contribution in [0.2, 0.25) is 0 Å². The molecule has 0 aliphatic heterocycles. The highest BCUT2D eigenvalue weighted by molar-refractivity contribution is 7.47. The third-order valence-electron chi connectivity index (χ3n) is 20.3. The molecule has 0 aromatic rings. The molecule has 702 valence electrons. The summed E-state index contributed by atoms with van der Waals surface area (Å²) in [4.78, 5) is 59.1. The minimum atomic E-state index is -4.95. The molecule has 0 rings (SSSR count). The molecule has 0 bridgehead atoms. The molecule has 123 heavy (non-hydrogen) atoms. The molecule has 0 radical (unpaired) electrons. The number of hydrogen-bond donors (Lipinski definition) is 4. The van der Waals surface area contributed by atoms with E-state index in [0.29, 0.717) is 19.3 Å². The van der Waals surface area contributed by atoms with Crippen molar-refractivity contribution in [3.8, 4) is 0 Å². The van der Waals surface area contributed by atoms with Gasteiger partial charge in [-0.3, -0.25) is 32.5 Å². The van der Waals surface area contributed by atoms with Gasteiger partial charge in [0.05, 0.1) is 26.4 Å². The topological polar surface area (TPSA) is 231 Å². The Kier molecular flexibility index (Phi) is 91.1. The molecule has 5 unspecified atom stereocenters. The van der Waals surface area contributed by atoms with Gasteiger partial charge in [-0.05, 0) is 161 Å². The van der Waals surface area contributed by atoms with E-state index in [1.165, 1.54) is 141 Å². The number of phosphoric ester groups is 2. The molecule has 18 heteroatoms. The van der Waals surface area contributed by atoms with Crippen molar-refractivity contribution in [1.82, 2.24) is 0 Å². The highest BCUT2D eigenvalue weighted by Gasteiger charge is 2.30. The molecule has 5 atom stereocenters. The van der Waals surface area contributed by atoms with Gasteiger partial charge in [0.15, 0.2) is 6.10 Å². The van der Waals surface area contributed by atoms with E-state index in [1.54, 1.807) is 0 Å². The van der Waals surface area contributed by atoms with Gasteiger partial charge >= 0.3 is 33.6 Å². The van der Waals surface area contributed by atoms with Gasteiger partial charge in [-0.15, -0.1) is 0 Å². The molecule has 16 nitrogen and oxygen atoms in total. The van der Waals surface area contributed by atoms with Crippen molar-refractivity contribution < 1.29 is 75.8 Å². The molecule has 0 heterocycles. The number of phosphoric acid groups is 2. The Bertz CT molecular complexity index is 3020. The summed E-state index contributed by atoms with van der Waals surface area (Å²) in [7, 11) is -9.83. The predicted octanol–water partition coefficient (Wildman–Crippen LogP) is 30.6. The van der Waals surface area contributed by atoms with Crippen LogP contribution >= 0.6 is 15.6 Å². The average Bonchev–Trinajstić information content (AvgIpc) is 0.898. The van der Waals surface area contributed by atoms with E-state index < -0.39 is 91.5 Å². The maximum atomic E-state index is 13.1. The average molecular weight is 1760 g/mol. The van der Waals surface area contributed by atoms with Crippen LogP contribution in [-0.4, -0.2) is 95.9 Å². The first-order chi connectivity index (χ1) is 60.2. The Balaban J connectivity index is 4.62. The lowest BCUT2D eigenvalue weighted by Crippen LogP contribution is -2.30. The van der Waals surface area contributed by atoms with Crippen LogP contribution in [0.25, 0.3) is 0 Å². The second kappa shape index (κ2) is 95.5. The zero-order valence-corrected chi connectivity index (χ0v) is 79.3. The Morgan fingerprint density at radius 1 is 0.228 bits per heavy atom. The number of allylic oxidation sites excluding steroid dienone is 32. The third kappa shape index (κ3) is 96.9. The molecule has 0 saturated heterocycles. The minimum absolute atomic E-state index is 0.0815. The number of esters is 3. The van der Waals surface area contributed by atoms with Gasteiger partial charge in [0.25, 0.3) is 0 Å². The lowest BCUT2D eigenvalue weighted by atomic mass is 10.0. The van der Waals surface area contributed by atoms with Crippen molar-refractivity contribution in [2.45, 2.75) is 411 Å². The maximum absolute atomic E-state index is 13.1. The van der Waals surface area contributed by atoms with Gasteiger partial charge in [0, 0.05) is 19.3 Å². The number of carbonyl (C=O) groups excluding carboxylic acids is 3. The molecule has 0 saturated carbocycles. The fraction of sp³-hybridized carbons (Fsp3) is 0.667. The Labute approximate surface area is 750 Å². The fourth-order valence-corrected chi connectivity index (χ4v) is 14.6. The number of aliphatic hydroxyl groups is 2. The molecule has 4 N–H and O–H groups in total. The number of unbranched alkanes of at least 4 members (excludes halogenated alkanes) is 36. The normalized spacial score (nSPS) is 14.6. The Morgan fingerprint density at radius 3 is 0.642 bits per heavy atom. The van der Waals surface area contributed by atoms with Gasteiger partial charge in [-0.2, -0.15) is 0 Å². The van der Waals surface area contributed by atoms with Crippen LogP contribution in [0.5, 0.6) is 0 Å². The molecular formula is C105H176O16P2. The van der Waals surface area contributed by atoms with E-state index >= 15 is 0 Å². The van der Waals surface area contributed by atoms with Crippen LogP contribution < -0.4 is 0 Å². The zero-order valence-electron chi connectivity index (χ0n) is 77.5. The highest BCUT2D eigenvalue weighted by Crippen LogP contribution is 2.45. The Morgan fingerprint density at radius 2 is 0.407 bits per heavy atom. The van der Waals surface area contributed by atoms with Crippen LogP contribution in [-0.2, 0) is 55.8 Å². The summed E-state index contributed by atoms with van der Waals surface area (Å²) in [5.74, 6) is -1.59. The molecule has 0 aromatic heterocycles. The van der Waals surface area contributed by atoms with Crippen molar-refractivity contribution in [2.24, 2.45) is 0 Å². The van der Waals surface area contributed by atoms with Crippen molar-refractivity contribution in [3.63, 3.8) is 0 Å². The monoisotopic (exact) mass is 1760 g/mol. The van der Waals surface area contributed by atoms with Crippen LogP contribution in [0.1, 0.15) is 393 Å². The van der Waals surface area contributed by atoms with Crippen LogP contribution in [0.3, 0.4) is 0 Å². The lowest BCUT2D eigenvalue weighted by Gasteiger charge is -2.21. The largest absolute Gasteiger partial charge is 0.472 e. The van der Waals surface area contributed by atoms with Gasteiger partial charge in [-0.1, -0.05) is 408 Å². The summed E-state index contributed by atoms with van der Waals surface area (Å²) in [6, 6.07) is 0. The lowest BCUT2D eigenvalue weighted by molar-refractivity contribution is -0.161. The van der Waals surface area contributed by atoms with Gasteiger partial charge in [0.2, 0.25) is 0 Å². The maximum Gasteiger partial charge on any atom is 0.472 e. The highest BCUT2D eigenvalue weighted by atomic mass is 31.2. The van der Waals surface area contributed by atoms with Crippen LogP contribution in [0.4, 0.5) is 0 Å². The minimum Gasteiger partial charge on any atom is -0.463 e. The van der Waals surface area contributed by atoms with E-state index in [2.05, 4.69) is 215 Å². The van der Waals surface area contributed by atoms with E-state index in [9.17, 15) is 43.5 Å². The summed E-state index contributed by atoms with van der Waals surface area (Å²) in [6.45, 7) is 2.37. The van der Waals surface area contributed by atoms with E-state index in [1.807, 2.05) is 0 Å². The SMILES string of the molecule is CC/C=C\C/C=C\C/C=C\C/C=C\C/C=C\C/C=C\CCCCCCCCC(=O)OC(COC(=O)CCCCCCCCCCCCCCC/C=C\C/C=C\C/C=C\C/C=C\C/C=C\CC)COP(=O)(O)OCC(O)COP(=O)(O)OCC(O)COC(=O)CCCCCCCCCCCCCCCCCCC/C=C\C/C=C\C/C=C\C/C=C\C/C=C\CC. The number of carbonyl (C=O) groups is 3. The molecule has 0 amide bonds. The summed E-state index contributed by atoms with van der Waals surface area (Å²) in [5.41, 5.74) is 0. The first-order valence-electron chi connectivity index (χ1n) is 48.7. The standard InChI is InChI=1S/C105H176O16P2/c1-4-7-10-13-16-19-22-25-28-31-34-37-40-43-45-47-48-49-50-52-54-56-58-61-64-67-70-73-76-79-82-85-88-91-103(108)115-94-100(106)95-117-122(111,112)118-96-101(107)97-119-123(113,114)120-99-102(121-105(110)93-90-87-84-81-78-75-72-69-66-63-60-55-42-39-36-33-30-27-24-21-18-15-12-9-6-3)98-116-104(109)92-89-86-83-80-77-74-71-68-65-62-59-57-53-51-46-44-41-38-35-32-29-26-23-20-17-14-11-8-5-2/h7-12,16-21,25-30,34-39,43-46,55,60,66,69,100-102,106-107H,4-6,13-15,22-24,31-33,40-42,47-54,56-59,61-65,67-68,70-99H2,1-3H3,(H,111,112)(H,113,114)/b10-7-,11-8-,12-9-,19-16-,20-17-,21-18-,28-25-,29-26-,30-27-,37-34-,38-35-,39-36-,45-43-,46-44-,60-55-,69-66-. The molecule has 0 aromatic carbocycles. The molecule has 0 fully saturated rings. The summed E-state index contributed by atoms with van der Waals surface area (Å²) < 4.78 is 61.6. The second-order valence-corrected chi connectivity index (χ2v) is 35.0. The number of hydrogen-bond acceptors (Lipinski definition) is 14. The third-order valence-corrected chi connectivity index (χ3v) is 22.2. The number of aliphatic hydroxyl groups excluding tert-OH is 2. The van der Waals surface area contributed by atoms with Crippen molar-refractivity contribution >= 4 is 33.6 Å². The first-order valence-corrected chi connectivity index (χ1v) is 51.7. The van der Waals surface area contributed by atoms with Gasteiger partial charge in [-0.25, -0.2) is 9.13 Å². The smallest absolute Gasteiger partial charge is 0.463 e. The van der Waals surface area contributed by atoms with Crippen LogP contribution in [0, 0.1) is 0 Å². The quantitative estimate of drug-likeness (QED) is 0.0146. The summed E-state index contributed by atoms with van der Waals surface area (Å²) in [6.07, 6.45) is 128. The molecule has 0 aliphatic carbocycles. The van der Waals surface area contributed by atoms with Gasteiger partial charge in [0.1, 0.15) is 25.4 Å². The zero-order chi connectivity index (χ0) is 89.3. The van der Waals surface area contributed by atoms with Crippen molar-refractivity contribution in [2.75, 3.05) is 39.6 Å². The van der Waals surface area contributed by atoms with Crippen molar-refractivity contribution in [3.05, 3.63) is 194 Å². The molecule has 0 aliphatic rings. The summed E-state index contributed by atoms with van der Waals surface area (Å²) >= 11 is 0. The Hall–Kier alpha value is -5.61. The second-order valence-electron chi connectivity index (χ2n) is 32.1. The van der Waals surface area contributed by atoms with Crippen molar-refractivity contribution in [1.29, 1.82) is 0 Å². The van der Waals surface area contributed by atoms with Crippen LogP contribution in [0.15, 0.2) is 194 Å². The van der Waals surface area contributed by atoms with E-state index in [-0.39, 0.29) is 19.3 Å². The van der Waals surface area contributed by atoms with E-state index in [4.69, 9.17) is 32.3 Å². The molecular weight excluding hydrogens is 1580 g/mol. The molecule has 0 spiro atoms. The number of ether oxygens (including phenoxy) is 3. The predicted molar refractivity (Wildman–Crippen MR) is 518 cm³/mol. The van der Waals surface area contributed by atoms with E-state index in [0.717, 1.165) is 193 Å². The number of rotatable bonds is 91. The van der Waals surface area contributed by atoms with Gasteiger partial charge < -0.3 is 34.2 Å². The first kappa shape index (κ1) is 117.